The summed E-state index contributed by atoms with van der Waals surface area (Å²) in [6.07, 6.45) is 0.737. The molecule has 1 amide bonds. The number of aromatic nitrogens is 2. The van der Waals surface area contributed by atoms with Gasteiger partial charge in [-0.2, -0.15) is 9.97 Å². The van der Waals surface area contributed by atoms with Crippen molar-refractivity contribution < 1.29 is 33.2 Å². The number of esters is 1. The van der Waals surface area contributed by atoms with E-state index in [2.05, 4.69) is 60.1 Å². The Kier molecular flexibility index (Phi) is 17.7. The Balaban J connectivity index is 0.000000930. The third-order valence-corrected chi connectivity index (χ3v) is 7.14. The molecule has 2 rings (SSSR count). The number of rotatable bonds is 17. The summed E-state index contributed by atoms with van der Waals surface area (Å²) in [6, 6.07) is 8.88. The second kappa shape index (κ2) is 20.0. The van der Waals surface area contributed by atoms with Gasteiger partial charge in [0.2, 0.25) is 6.41 Å². The summed E-state index contributed by atoms with van der Waals surface area (Å²) in [5.41, 5.74) is 7.24. The Morgan fingerprint density at radius 3 is 2.34 bits per heavy atom. The molecule has 1 aromatic heterocycles. The summed E-state index contributed by atoms with van der Waals surface area (Å²) in [5, 5.41) is 5.61. The standard InChI is InChI=1S/C22H32N5O7P.C8H19N/c1-22(2,3)20(29)33-14-34-35(30)12-16-7-5-6-15(10-16)11-24-19-17(25-13-28)18(23)26-21(27-19)32-9-8-31-4;1-6-9(7(2)3)8(4)5/h5-7,10,13,30H,8-9,11-12,14H2,1-4H3,(H,25,28)(H3,23,24,26,27);7-8H,6H2,1-5H3. The number of methoxy groups -OCH3 is 1. The van der Waals surface area contributed by atoms with Crippen molar-refractivity contribution in [2.24, 2.45) is 5.41 Å². The first kappa shape index (κ1) is 38.9. The van der Waals surface area contributed by atoms with Crippen LogP contribution in [0.1, 0.15) is 66.5 Å². The van der Waals surface area contributed by atoms with E-state index >= 15 is 0 Å². The van der Waals surface area contributed by atoms with Gasteiger partial charge in [0.15, 0.2) is 26.8 Å². The van der Waals surface area contributed by atoms with Crippen molar-refractivity contribution in [3.05, 3.63) is 35.4 Å². The highest BCUT2D eigenvalue weighted by molar-refractivity contribution is 7.45. The number of hydrogen-bond acceptors (Lipinski definition) is 12. The molecule has 1 heterocycles. The molecule has 44 heavy (non-hydrogen) atoms. The summed E-state index contributed by atoms with van der Waals surface area (Å²) in [6.45, 7) is 18.1. The quantitative estimate of drug-likeness (QED) is 0.0617. The molecule has 0 aliphatic heterocycles. The van der Waals surface area contributed by atoms with Gasteiger partial charge in [-0.25, -0.2) is 0 Å². The van der Waals surface area contributed by atoms with Crippen LogP contribution in [0, 0.1) is 5.41 Å². The molecule has 0 spiro atoms. The average molecular weight is 639 g/mol. The summed E-state index contributed by atoms with van der Waals surface area (Å²) >= 11 is 0. The normalized spacial score (nSPS) is 12.0. The molecular weight excluding hydrogens is 587 g/mol. The number of nitrogens with two attached hydrogens (primary N) is 1. The third kappa shape index (κ3) is 14.6. The van der Waals surface area contributed by atoms with Crippen LogP contribution in [0.4, 0.5) is 17.3 Å². The van der Waals surface area contributed by atoms with E-state index in [-0.39, 0.29) is 42.9 Å². The van der Waals surface area contributed by atoms with Crippen LogP contribution in [0.15, 0.2) is 24.3 Å². The lowest BCUT2D eigenvalue weighted by Gasteiger charge is -2.28. The summed E-state index contributed by atoms with van der Waals surface area (Å²) < 4.78 is 20.6. The molecule has 0 fully saturated rings. The van der Waals surface area contributed by atoms with Gasteiger partial charge in [-0.05, 0) is 66.1 Å². The van der Waals surface area contributed by atoms with E-state index < -0.39 is 19.8 Å². The number of nitrogens with zero attached hydrogens (tertiary/aromatic N) is 3. The highest BCUT2D eigenvalue weighted by Crippen LogP contribution is 2.36. The first-order valence-electron chi connectivity index (χ1n) is 14.6. The minimum atomic E-state index is -1.83. The molecule has 14 heteroatoms. The second-order valence-corrected chi connectivity index (χ2v) is 12.6. The monoisotopic (exact) mass is 638 g/mol. The molecule has 0 saturated carbocycles. The van der Waals surface area contributed by atoms with E-state index in [1.165, 1.54) is 0 Å². The molecular formula is C30H51N6O7P. The fourth-order valence-electron chi connectivity index (χ4n) is 3.98. The van der Waals surface area contributed by atoms with Crippen LogP contribution in [0.2, 0.25) is 0 Å². The van der Waals surface area contributed by atoms with Crippen molar-refractivity contribution >= 4 is 38.1 Å². The lowest BCUT2D eigenvalue weighted by atomic mass is 9.98. The van der Waals surface area contributed by atoms with Crippen LogP contribution in [0.3, 0.4) is 0 Å². The minimum absolute atomic E-state index is 0.0440. The van der Waals surface area contributed by atoms with Gasteiger partial charge >= 0.3 is 12.0 Å². The molecule has 1 unspecified atom stereocenters. The maximum atomic E-state index is 11.8. The van der Waals surface area contributed by atoms with E-state index in [0.717, 1.165) is 17.7 Å². The van der Waals surface area contributed by atoms with Crippen LogP contribution in [0.5, 0.6) is 6.01 Å². The van der Waals surface area contributed by atoms with E-state index in [1.807, 2.05) is 24.3 Å². The van der Waals surface area contributed by atoms with Crippen molar-refractivity contribution in [3.63, 3.8) is 0 Å². The molecule has 2 aromatic rings. The summed E-state index contributed by atoms with van der Waals surface area (Å²) in [4.78, 5) is 43.7. The Hall–Kier alpha value is -3.09. The molecule has 0 saturated heterocycles. The van der Waals surface area contributed by atoms with Gasteiger partial charge in [-0.1, -0.05) is 31.2 Å². The number of anilines is 3. The van der Waals surface area contributed by atoms with Crippen molar-refractivity contribution in [3.8, 4) is 6.01 Å². The molecule has 5 N–H and O–H groups in total. The molecule has 1 atom stereocenters. The Morgan fingerprint density at radius 1 is 1.14 bits per heavy atom. The SMILES string of the molecule is CCN(C(C)C)C(C)C.COCCOc1nc(N)c(NC=O)c(NCc2cccc(CP(O)OCOC(=O)C(C)(C)C)c2)n1. The van der Waals surface area contributed by atoms with Crippen molar-refractivity contribution in [1.29, 1.82) is 0 Å². The van der Waals surface area contributed by atoms with Crippen LogP contribution >= 0.6 is 8.38 Å². The number of amides is 1. The highest BCUT2D eigenvalue weighted by Gasteiger charge is 2.23. The number of hydrogen-bond donors (Lipinski definition) is 4. The van der Waals surface area contributed by atoms with E-state index in [0.29, 0.717) is 31.6 Å². The molecule has 13 nitrogen and oxygen atoms in total. The van der Waals surface area contributed by atoms with Gasteiger partial charge < -0.3 is 35.5 Å². The predicted octanol–water partition coefficient (Wildman–Crippen LogP) is 4.76. The van der Waals surface area contributed by atoms with Gasteiger partial charge in [0.1, 0.15) is 12.3 Å². The van der Waals surface area contributed by atoms with E-state index in [9.17, 15) is 14.5 Å². The molecule has 248 valence electrons. The van der Waals surface area contributed by atoms with Crippen LogP contribution in [-0.4, -0.2) is 77.9 Å². The highest BCUT2D eigenvalue weighted by atomic mass is 31.2. The first-order valence-corrected chi connectivity index (χ1v) is 16.0. The van der Waals surface area contributed by atoms with Crippen molar-refractivity contribution in [2.45, 2.75) is 80.2 Å². The predicted molar refractivity (Wildman–Crippen MR) is 174 cm³/mol. The van der Waals surface area contributed by atoms with Crippen LogP contribution in [0.25, 0.3) is 0 Å². The molecule has 0 aliphatic carbocycles. The van der Waals surface area contributed by atoms with Gasteiger partial charge in [0.25, 0.3) is 0 Å². The topological polar surface area (TPSA) is 170 Å². The zero-order chi connectivity index (χ0) is 33.3. The van der Waals surface area contributed by atoms with E-state index in [4.69, 9.17) is 24.5 Å². The third-order valence-electron chi connectivity index (χ3n) is 6.10. The molecule has 0 bridgehead atoms. The van der Waals surface area contributed by atoms with Crippen molar-refractivity contribution in [1.82, 2.24) is 14.9 Å². The van der Waals surface area contributed by atoms with Gasteiger partial charge in [-0.3, -0.25) is 19.0 Å². The minimum Gasteiger partial charge on any atom is -0.461 e. The van der Waals surface area contributed by atoms with Crippen molar-refractivity contribution in [2.75, 3.05) is 50.0 Å². The zero-order valence-corrected chi connectivity index (χ0v) is 28.4. The summed E-state index contributed by atoms with van der Waals surface area (Å²) in [7, 11) is -0.279. The average Bonchev–Trinajstić information content (AvgIpc) is 2.93. The maximum Gasteiger partial charge on any atom is 0.320 e. The fourth-order valence-corrected chi connectivity index (χ4v) is 4.75. The second-order valence-electron chi connectivity index (χ2n) is 11.3. The smallest absolute Gasteiger partial charge is 0.320 e. The molecule has 0 radical (unpaired) electrons. The maximum absolute atomic E-state index is 11.8. The Labute approximate surface area is 263 Å². The van der Waals surface area contributed by atoms with E-state index in [1.54, 1.807) is 27.9 Å². The zero-order valence-electron chi connectivity index (χ0n) is 27.5. The number of nitrogen functional groups attached to an aromatic ring is 1. The summed E-state index contributed by atoms with van der Waals surface area (Å²) in [5.74, 6) is -0.0724. The Morgan fingerprint density at radius 2 is 1.80 bits per heavy atom. The number of benzene rings is 1. The van der Waals surface area contributed by atoms with Crippen LogP contribution < -0.4 is 21.1 Å². The lowest BCUT2D eigenvalue weighted by Crippen LogP contribution is -2.36. The van der Waals surface area contributed by atoms with Gasteiger partial charge in [0, 0.05) is 31.9 Å². The van der Waals surface area contributed by atoms with Gasteiger partial charge in [0.05, 0.1) is 12.0 Å². The first-order chi connectivity index (χ1) is 20.7. The fraction of sp³-hybridized carbons (Fsp3) is 0.600. The van der Waals surface area contributed by atoms with Crippen LogP contribution in [-0.2, 0) is 36.3 Å². The number of carbonyl (C=O) groups excluding carboxylic acids is 2. The lowest BCUT2D eigenvalue weighted by molar-refractivity contribution is -0.159. The largest absolute Gasteiger partial charge is 0.461 e. The number of nitrogens with one attached hydrogen (secondary N) is 2. The molecule has 1 aromatic carbocycles. The Bertz CT molecular complexity index is 1140. The van der Waals surface area contributed by atoms with Gasteiger partial charge in [-0.15, -0.1) is 0 Å². The number of carbonyl (C=O) groups is 2. The number of ether oxygens (including phenoxy) is 3. The molecule has 0 aliphatic rings.